The van der Waals surface area contributed by atoms with Crippen molar-refractivity contribution in [1.29, 1.82) is 0 Å². The first kappa shape index (κ1) is 16.4. The van der Waals surface area contributed by atoms with Crippen molar-refractivity contribution in [1.82, 2.24) is 5.32 Å². The number of nitrogens with one attached hydrogen (secondary N) is 1. The molecule has 0 aromatic heterocycles. The summed E-state index contributed by atoms with van der Waals surface area (Å²) < 4.78 is 0. The third-order valence-corrected chi connectivity index (χ3v) is 4.24. The van der Waals surface area contributed by atoms with E-state index >= 15 is 0 Å². The van der Waals surface area contributed by atoms with E-state index in [1.54, 1.807) is 17.8 Å². The number of hydrogen-bond donors (Lipinski definition) is 1. The van der Waals surface area contributed by atoms with Crippen LogP contribution in [0.5, 0.6) is 0 Å². The van der Waals surface area contributed by atoms with E-state index in [1.165, 1.54) is 10.5 Å². The second kappa shape index (κ2) is 8.44. The fraction of sp³-hybridized carbons (Fsp3) is 0.211. The highest BCUT2D eigenvalue weighted by molar-refractivity contribution is 7.98. The van der Waals surface area contributed by atoms with Gasteiger partial charge in [0.1, 0.15) is 0 Å². The van der Waals surface area contributed by atoms with Crippen molar-refractivity contribution in [3.8, 4) is 0 Å². The predicted octanol–water partition coefficient (Wildman–Crippen LogP) is 4.34. The highest BCUT2D eigenvalue weighted by atomic mass is 32.2. The maximum atomic E-state index is 11.9. The molecule has 0 aliphatic carbocycles. The smallest absolute Gasteiger partial charge is 0.244 e. The van der Waals surface area contributed by atoms with Gasteiger partial charge in [-0.2, -0.15) is 0 Å². The van der Waals surface area contributed by atoms with E-state index in [-0.39, 0.29) is 5.91 Å². The number of hydrogen-bond acceptors (Lipinski definition) is 2. The lowest BCUT2D eigenvalue weighted by Crippen LogP contribution is -2.25. The molecular formula is C19H21NOS. The van der Waals surface area contributed by atoms with Gasteiger partial charge in [-0.25, -0.2) is 0 Å². The average molecular weight is 311 g/mol. The van der Waals surface area contributed by atoms with Crippen molar-refractivity contribution in [3.63, 3.8) is 0 Å². The lowest BCUT2D eigenvalue weighted by Gasteiger charge is -2.11. The van der Waals surface area contributed by atoms with Crippen molar-refractivity contribution in [2.24, 2.45) is 0 Å². The number of carbonyl (C=O) groups excluding carboxylic acids is 1. The maximum absolute atomic E-state index is 11.9. The number of thioether (sulfide) groups is 1. The van der Waals surface area contributed by atoms with Crippen LogP contribution in [0.15, 0.2) is 65.6 Å². The van der Waals surface area contributed by atoms with Crippen LogP contribution < -0.4 is 5.32 Å². The average Bonchev–Trinajstić information content (AvgIpc) is 2.59. The van der Waals surface area contributed by atoms with Crippen LogP contribution in [0.25, 0.3) is 6.08 Å². The molecule has 0 saturated heterocycles. The van der Waals surface area contributed by atoms with Crippen LogP contribution in [0.1, 0.15) is 24.0 Å². The summed E-state index contributed by atoms with van der Waals surface area (Å²) in [5, 5.41) is 2.94. The van der Waals surface area contributed by atoms with E-state index in [0.29, 0.717) is 12.5 Å². The van der Waals surface area contributed by atoms with Crippen LogP contribution in [0.3, 0.4) is 0 Å². The van der Waals surface area contributed by atoms with Gasteiger partial charge in [0.25, 0.3) is 0 Å². The Labute approximate surface area is 136 Å². The van der Waals surface area contributed by atoms with Gasteiger partial charge in [0.05, 0.1) is 0 Å². The molecule has 2 aromatic carbocycles. The molecule has 0 radical (unpaired) electrons. The summed E-state index contributed by atoms with van der Waals surface area (Å²) in [6.45, 7) is 2.75. The zero-order valence-corrected chi connectivity index (χ0v) is 13.8. The van der Waals surface area contributed by atoms with Crippen LogP contribution in [0, 0.1) is 0 Å². The standard InChI is InChI=1S/C19H21NOS/c1-15(17-6-4-3-5-7-17)14-20-19(21)13-10-16-8-11-18(22-2)12-9-16/h3-13,15H,14H2,1-2H3,(H,20,21)/b13-10+. The molecule has 22 heavy (non-hydrogen) atoms. The van der Waals surface area contributed by atoms with Gasteiger partial charge in [-0.05, 0) is 41.5 Å². The van der Waals surface area contributed by atoms with Crippen molar-refractivity contribution in [2.45, 2.75) is 17.7 Å². The Morgan fingerprint density at radius 3 is 2.45 bits per heavy atom. The lowest BCUT2D eigenvalue weighted by atomic mass is 10.0. The van der Waals surface area contributed by atoms with E-state index in [2.05, 4.69) is 36.5 Å². The van der Waals surface area contributed by atoms with Crippen LogP contribution in [0.2, 0.25) is 0 Å². The minimum absolute atomic E-state index is 0.0586. The summed E-state index contributed by atoms with van der Waals surface area (Å²) in [5.41, 5.74) is 2.27. The maximum Gasteiger partial charge on any atom is 0.244 e. The second-order valence-corrected chi connectivity index (χ2v) is 6.04. The SMILES string of the molecule is CSc1ccc(/C=C/C(=O)NCC(C)c2ccccc2)cc1. The molecule has 2 rings (SSSR count). The van der Waals surface area contributed by atoms with Crippen molar-refractivity contribution >= 4 is 23.7 Å². The van der Waals surface area contributed by atoms with Gasteiger partial charge in [0.15, 0.2) is 0 Å². The fourth-order valence-electron chi connectivity index (χ4n) is 2.10. The Morgan fingerprint density at radius 1 is 1.14 bits per heavy atom. The number of amides is 1. The molecule has 114 valence electrons. The summed E-state index contributed by atoms with van der Waals surface area (Å²) in [7, 11) is 0. The Morgan fingerprint density at radius 2 is 1.82 bits per heavy atom. The van der Waals surface area contributed by atoms with E-state index in [1.807, 2.05) is 42.7 Å². The number of rotatable bonds is 6. The first-order valence-electron chi connectivity index (χ1n) is 7.34. The van der Waals surface area contributed by atoms with Gasteiger partial charge in [0, 0.05) is 17.5 Å². The van der Waals surface area contributed by atoms with E-state index in [0.717, 1.165) is 5.56 Å². The molecule has 0 heterocycles. The van der Waals surface area contributed by atoms with Gasteiger partial charge >= 0.3 is 0 Å². The second-order valence-electron chi connectivity index (χ2n) is 5.16. The van der Waals surface area contributed by atoms with Gasteiger partial charge in [-0.3, -0.25) is 4.79 Å². The molecular weight excluding hydrogens is 290 g/mol. The van der Waals surface area contributed by atoms with Crippen LogP contribution >= 0.6 is 11.8 Å². The minimum Gasteiger partial charge on any atom is -0.352 e. The lowest BCUT2D eigenvalue weighted by molar-refractivity contribution is -0.116. The minimum atomic E-state index is -0.0586. The summed E-state index contributed by atoms with van der Waals surface area (Å²) in [6.07, 6.45) is 5.48. The van der Waals surface area contributed by atoms with E-state index in [9.17, 15) is 4.79 Å². The molecule has 1 amide bonds. The molecule has 0 aliphatic rings. The van der Waals surface area contributed by atoms with E-state index in [4.69, 9.17) is 0 Å². The summed E-state index contributed by atoms with van der Waals surface area (Å²) in [4.78, 5) is 13.1. The highest BCUT2D eigenvalue weighted by Gasteiger charge is 2.05. The first-order chi connectivity index (χ1) is 10.7. The molecule has 0 fully saturated rings. The normalized spacial score (nSPS) is 12.3. The predicted molar refractivity (Wildman–Crippen MR) is 95.1 cm³/mol. The largest absolute Gasteiger partial charge is 0.352 e. The summed E-state index contributed by atoms with van der Waals surface area (Å²) >= 11 is 1.71. The Bertz CT molecular complexity index is 620. The fourth-order valence-corrected chi connectivity index (χ4v) is 2.51. The molecule has 3 heteroatoms. The molecule has 0 aliphatic heterocycles. The van der Waals surface area contributed by atoms with Crippen molar-refractivity contribution in [3.05, 3.63) is 71.8 Å². The van der Waals surface area contributed by atoms with Crippen LogP contribution in [-0.2, 0) is 4.79 Å². The molecule has 1 atom stereocenters. The van der Waals surface area contributed by atoms with Gasteiger partial charge in [0.2, 0.25) is 5.91 Å². The van der Waals surface area contributed by atoms with Gasteiger partial charge in [-0.15, -0.1) is 11.8 Å². The third-order valence-electron chi connectivity index (χ3n) is 3.49. The Hall–Kier alpha value is -2.00. The molecule has 2 nitrogen and oxygen atoms in total. The van der Waals surface area contributed by atoms with Gasteiger partial charge < -0.3 is 5.32 Å². The summed E-state index contributed by atoms with van der Waals surface area (Å²) in [6, 6.07) is 18.3. The van der Waals surface area contributed by atoms with Gasteiger partial charge in [-0.1, -0.05) is 49.4 Å². The topological polar surface area (TPSA) is 29.1 Å². The molecule has 0 spiro atoms. The molecule has 1 unspecified atom stereocenters. The van der Waals surface area contributed by atoms with Crippen LogP contribution in [0.4, 0.5) is 0 Å². The first-order valence-corrected chi connectivity index (χ1v) is 8.56. The number of benzene rings is 2. The van der Waals surface area contributed by atoms with Crippen molar-refractivity contribution in [2.75, 3.05) is 12.8 Å². The van der Waals surface area contributed by atoms with Crippen molar-refractivity contribution < 1.29 is 4.79 Å². The van der Waals surface area contributed by atoms with E-state index < -0.39 is 0 Å². The Kier molecular flexibility index (Phi) is 6.28. The zero-order valence-electron chi connectivity index (χ0n) is 13.0. The zero-order chi connectivity index (χ0) is 15.8. The number of carbonyl (C=O) groups is 1. The Balaban J connectivity index is 1.83. The van der Waals surface area contributed by atoms with Crippen LogP contribution in [-0.4, -0.2) is 18.7 Å². The highest BCUT2D eigenvalue weighted by Crippen LogP contribution is 2.15. The quantitative estimate of drug-likeness (QED) is 0.635. The molecule has 0 bridgehead atoms. The molecule has 0 saturated carbocycles. The molecule has 2 aromatic rings. The summed E-state index contributed by atoms with van der Waals surface area (Å²) in [5.74, 6) is 0.246. The molecule has 1 N–H and O–H groups in total. The monoisotopic (exact) mass is 311 g/mol. The third kappa shape index (κ3) is 5.08.